The van der Waals surface area contributed by atoms with E-state index in [1.807, 2.05) is 0 Å². The highest BCUT2D eigenvalue weighted by atomic mass is 79.9. The zero-order chi connectivity index (χ0) is 12.3. The second-order valence-electron chi connectivity index (χ2n) is 3.26. The predicted octanol–water partition coefficient (Wildman–Crippen LogP) is 2.33. The van der Waals surface area contributed by atoms with Crippen molar-refractivity contribution < 1.29 is 13.5 Å². The zero-order valence-corrected chi connectivity index (χ0v) is 12.4. The average molecular weight is 373 g/mol. The maximum atomic E-state index is 11.7. The number of rotatable bonds is 4. The molecule has 0 saturated carbocycles. The first-order chi connectivity index (χ1) is 7.36. The lowest BCUT2D eigenvalue weighted by molar-refractivity contribution is 0.296. The summed E-state index contributed by atoms with van der Waals surface area (Å²) >= 11 is 6.50. The second kappa shape index (κ2) is 5.48. The molecule has 4 nitrogen and oxygen atoms in total. The molecule has 7 heteroatoms. The van der Waals surface area contributed by atoms with Gasteiger partial charge in [-0.2, -0.15) is 0 Å². The topological polar surface area (TPSA) is 66.4 Å². The molecule has 0 aliphatic heterocycles. The number of halogens is 2. The van der Waals surface area contributed by atoms with Gasteiger partial charge in [-0.25, -0.2) is 8.42 Å². The van der Waals surface area contributed by atoms with Gasteiger partial charge in [-0.15, -0.1) is 0 Å². The quantitative estimate of drug-likeness (QED) is 0.852. The Labute approximate surface area is 111 Å². The molecular weight excluding hydrogens is 362 g/mol. The van der Waals surface area contributed by atoms with Crippen molar-refractivity contribution in [3.63, 3.8) is 0 Å². The van der Waals surface area contributed by atoms with Crippen molar-refractivity contribution in [2.75, 3.05) is 11.3 Å². The number of aliphatic hydroxyl groups is 1. The van der Waals surface area contributed by atoms with Crippen molar-refractivity contribution in [1.29, 1.82) is 0 Å². The van der Waals surface area contributed by atoms with Crippen molar-refractivity contribution in [2.45, 2.75) is 12.2 Å². The van der Waals surface area contributed by atoms with Crippen LogP contribution in [0.4, 0.5) is 5.69 Å². The summed E-state index contributed by atoms with van der Waals surface area (Å²) in [5.74, 6) is 0. The Morgan fingerprint density at radius 2 is 2.06 bits per heavy atom. The summed E-state index contributed by atoms with van der Waals surface area (Å²) < 4.78 is 27.2. The Bertz CT molecular complexity index is 476. The van der Waals surface area contributed by atoms with Gasteiger partial charge in [-0.05, 0) is 41.1 Å². The second-order valence-corrected chi connectivity index (χ2v) is 7.13. The van der Waals surface area contributed by atoms with E-state index in [-0.39, 0.29) is 0 Å². The first-order valence-electron chi connectivity index (χ1n) is 4.44. The van der Waals surface area contributed by atoms with E-state index < -0.39 is 21.9 Å². The fourth-order valence-electron chi connectivity index (χ4n) is 0.928. The van der Waals surface area contributed by atoms with E-state index in [0.717, 1.165) is 4.47 Å². The normalized spacial score (nSPS) is 13.5. The predicted molar refractivity (Wildman–Crippen MR) is 70.9 cm³/mol. The number of aliphatic hydroxyl groups excluding tert-OH is 1. The van der Waals surface area contributed by atoms with Gasteiger partial charge >= 0.3 is 0 Å². The molecule has 0 aliphatic rings. The minimum Gasteiger partial charge on any atom is -0.395 e. The van der Waals surface area contributed by atoms with Gasteiger partial charge in [0, 0.05) is 8.95 Å². The lowest BCUT2D eigenvalue weighted by Gasteiger charge is -2.13. The fourth-order valence-corrected chi connectivity index (χ4v) is 2.64. The molecule has 0 heterocycles. The first kappa shape index (κ1) is 14.0. The fraction of sp³-hybridized carbons (Fsp3) is 0.333. The molecule has 0 aromatic heterocycles. The summed E-state index contributed by atoms with van der Waals surface area (Å²) in [4.78, 5) is 0. The minimum atomic E-state index is -3.55. The van der Waals surface area contributed by atoms with Crippen LogP contribution in [0.15, 0.2) is 27.1 Å². The van der Waals surface area contributed by atoms with Crippen LogP contribution in [0.1, 0.15) is 6.92 Å². The Morgan fingerprint density at radius 3 is 2.62 bits per heavy atom. The van der Waals surface area contributed by atoms with Gasteiger partial charge in [0.15, 0.2) is 0 Å². The molecule has 0 aliphatic carbocycles. The lowest BCUT2D eigenvalue weighted by Crippen LogP contribution is -2.28. The molecule has 2 N–H and O–H groups in total. The first-order valence-corrected chi connectivity index (χ1v) is 7.57. The van der Waals surface area contributed by atoms with Gasteiger partial charge in [0.05, 0.1) is 12.3 Å². The van der Waals surface area contributed by atoms with Crippen LogP contribution >= 0.6 is 31.9 Å². The molecule has 1 unspecified atom stereocenters. The van der Waals surface area contributed by atoms with Gasteiger partial charge in [0.2, 0.25) is 10.0 Å². The molecule has 0 amide bonds. The molecule has 1 aromatic rings. The number of sulfonamides is 1. The number of benzene rings is 1. The molecule has 0 radical (unpaired) electrons. The van der Waals surface area contributed by atoms with E-state index in [1.165, 1.54) is 6.92 Å². The third kappa shape index (κ3) is 3.44. The van der Waals surface area contributed by atoms with Crippen LogP contribution < -0.4 is 4.72 Å². The van der Waals surface area contributed by atoms with Crippen molar-refractivity contribution in [2.24, 2.45) is 0 Å². The molecule has 16 heavy (non-hydrogen) atoms. The highest BCUT2D eigenvalue weighted by Gasteiger charge is 2.20. The molecule has 90 valence electrons. The molecule has 1 rings (SSSR count). The van der Waals surface area contributed by atoms with Crippen LogP contribution in [0.5, 0.6) is 0 Å². The highest BCUT2D eigenvalue weighted by molar-refractivity contribution is 9.11. The number of nitrogens with one attached hydrogen (secondary N) is 1. The number of hydrogen-bond acceptors (Lipinski definition) is 3. The van der Waals surface area contributed by atoms with Crippen LogP contribution in [0.2, 0.25) is 0 Å². The Balaban J connectivity index is 3.01. The van der Waals surface area contributed by atoms with Crippen LogP contribution in [0, 0.1) is 0 Å². The largest absolute Gasteiger partial charge is 0.395 e. The molecule has 1 aromatic carbocycles. The van der Waals surface area contributed by atoms with E-state index >= 15 is 0 Å². The van der Waals surface area contributed by atoms with Gasteiger partial charge in [0.1, 0.15) is 5.25 Å². The van der Waals surface area contributed by atoms with Gasteiger partial charge < -0.3 is 5.11 Å². The molecule has 1 atom stereocenters. The third-order valence-corrected chi connectivity index (χ3v) is 4.87. The zero-order valence-electron chi connectivity index (χ0n) is 8.44. The molecule has 0 bridgehead atoms. The van der Waals surface area contributed by atoms with Crippen molar-refractivity contribution >= 4 is 47.6 Å². The average Bonchev–Trinajstić information content (AvgIpc) is 2.22. The summed E-state index contributed by atoms with van der Waals surface area (Å²) in [5.41, 5.74) is 0.440. The monoisotopic (exact) mass is 371 g/mol. The van der Waals surface area contributed by atoms with Crippen molar-refractivity contribution in [1.82, 2.24) is 0 Å². The van der Waals surface area contributed by atoms with Crippen LogP contribution in [0.25, 0.3) is 0 Å². The summed E-state index contributed by atoms with van der Waals surface area (Å²) in [6, 6.07) is 5.16. The number of anilines is 1. The maximum Gasteiger partial charge on any atom is 0.237 e. The van der Waals surface area contributed by atoms with Gasteiger partial charge in [0.25, 0.3) is 0 Å². The molecule has 0 saturated heterocycles. The minimum absolute atomic E-state index is 0.416. The molecule has 0 spiro atoms. The van der Waals surface area contributed by atoms with Crippen LogP contribution in [-0.4, -0.2) is 25.4 Å². The van der Waals surface area contributed by atoms with Gasteiger partial charge in [-0.1, -0.05) is 15.9 Å². The van der Waals surface area contributed by atoms with E-state index in [2.05, 4.69) is 36.6 Å². The van der Waals surface area contributed by atoms with Crippen LogP contribution in [0.3, 0.4) is 0 Å². The van der Waals surface area contributed by atoms with E-state index in [4.69, 9.17) is 5.11 Å². The Kier molecular flexibility index (Phi) is 4.78. The van der Waals surface area contributed by atoms with E-state index in [0.29, 0.717) is 10.2 Å². The third-order valence-electron chi connectivity index (χ3n) is 1.97. The molecular formula is C9H11Br2NO3S. The molecule has 0 fully saturated rings. The smallest absolute Gasteiger partial charge is 0.237 e. The van der Waals surface area contributed by atoms with Gasteiger partial charge in [-0.3, -0.25) is 4.72 Å². The van der Waals surface area contributed by atoms with Crippen LogP contribution in [-0.2, 0) is 10.0 Å². The highest BCUT2D eigenvalue weighted by Crippen LogP contribution is 2.27. The summed E-state index contributed by atoms with van der Waals surface area (Å²) in [6.45, 7) is 1.02. The Morgan fingerprint density at radius 1 is 1.44 bits per heavy atom. The standard InChI is InChI=1S/C9H11Br2NO3S/c1-6(5-13)16(14,15)12-9-4-7(10)2-3-8(9)11/h2-4,6,12-13H,5H2,1H3. The summed E-state index contributed by atoms with van der Waals surface area (Å²) in [7, 11) is -3.55. The van der Waals surface area contributed by atoms with E-state index in [1.54, 1.807) is 18.2 Å². The summed E-state index contributed by atoms with van der Waals surface area (Å²) in [5, 5.41) is 7.98. The van der Waals surface area contributed by atoms with Crippen molar-refractivity contribution in [3.8, 4) is 0 Å². The maximum absolute atomic E-state index is 11.7. The van der Waals surface area contributed by atoms with Crippen molar-refractivity contribution in [3.05, 3.63) is 27.1 Å². The van der Waals surface area contributed by atoms with E-state index in [9.17, 15) is 8.42 Å². The Hall–Kier alpha value is -0.110. The summed E-state index contributed by atoms with van der Waals surface area (Å²) in [6.07, 6.45) is 0. The number of hydrogen-bond donors (Lipinski definition) is 2. The SMILES string of the molecule is CC(CO)S(=O)(=O)Nc1cc(Br)ccc1Br. The lowest BCUT2D eigenvalue weighted by atomic mass is 10.3.